The highest BCUT2D eigenvalue weighted by Crippen LogP contribution is 2.36. The molecule has 0 aliphatic carbocycles. The average molecular weight is 468 g/mol. The van der Waals surface area contributed by atoms with E-state index in [4.69, 9.17) is 24.7 Å². The van der Waals surface area contributed by atoms with Crippen LogP contribution in [0.2, 0.25) is 0 Å². The molecule has 6 nitrogen and oxygen atoms in total. The third-order valence-electron chi connectivity index (χ3n) is 4.34. The number of ether oxygens (including phenoxy) is 4. The third kappa shape index (κ3) is 5.68. The van der Waals surface area contributed by atoms with Crippen LogP contribution < -0.4 is 10.5 Å². The fourth-order valence-electron chi connectivity index (χ4n) is 3.19. The molecule has 3 rings (SSSR count). The third-order valence-corrected chi connectivity index (χ3v) is 5.03. The normalized spacial score (nSPS) is 14.8. The molecule has 0 saturated carbocycles. The molecule has 0 spiro atoms. The lowest BCUT2D eigenvalue weighted by Gasteiger charge is -2.24. The summed E-state index contributed by atoms with van der Waals surface area (Å²) in [7, 11) is 0. The number of primary amides is 1. The lowest BCUT2D eigenvalue weighted by Crippen LogP contribution is -2.33. The molecule has 8 heteroatoms. The lowest BCUT2D eigenvalue weighted by atomic mass is 9.97. The van der Waals surface area contributed by atoms with Crippen molar-refractivity contribution in [3.8, 4) is 5.75 Å². The molecule has 1 aliphatic heterocycles. The second-order valence-corrected chi connectivity index (χ2v) is 8.17. The molecular weight excluding hydrogens is 445 g/mol. The Hall–Kier alpha value is -2.16. The van der Waals surface area contributed by atoms with Gasteiger partial charge in [-0.25, -0.2) is 9.18 Å². The van der Waals surface area contributed by atoms with Crippen molar-refractivity contribution >= 4 is 22.0 Å². The number of hydrogen-bond donors (Lipinski definition) is 1. The van der Waals surface area contributed by atoms with Crippen molar-refractivity contribution in [3.05, 3.63) is 63.4 Å². The van der Waals surface area contributed by atoms with Crippen molar-refractivity contribution in [1.82, 2.24) is 0 Å². The lowest BCUT2D eigenvalue weighted by molar-refractivity contribution is -0.0473. The SMILES string of the molecule is CC(C)(Cc1cccc(COc2ccc(Br)c(C3OCCO3)c2F)c1)OC(N)=O. The maximum Gasteiger partial charge on any atom is 0.405 e. The van der Waals surface area contributed by atoms with Gasteiger partial charge >= 0.3 is 6.09 Å². The fraction of sp³-hybridized carbons (Fsp3) is 0.381. The highest BCUT2D eigenvalue weighted by Gasteiger charge is 2.27. The zero-order valence-corrected chi connectivity index (χ0v) is 17.8. The first-order valence-corrected chi connectivity index (χ1v) is 9.94. The van der Waals surface area contributed by atoms with Crippen LogP contribution in [0, 0.1) is 5.82 Å². The highest BCUT2D eigenvalue weighted by atomic mass is 79.9. The van der Waals surface area contributed by atoms with E-state index < -0.39 is 23.8 Å². The zero-order chi connectivity index (χ0) is 21.0. The Labute approximate surface area is 177 Å². The summed E-state index contributed by atoms with van der Waals surface area (Å²) >= 11 is 3.34. The highest BCUT2D eigenvalue weighted by molar-refractivity contribution is 9.10. The molecule has 2 aromatic rings. The summed E-state index contributed by atoms with van der Waals surface area (Å²) in [6.07, 6.45) is -1.08. The van der Waals surface area contributed by atoms with Crippen LogP contribution in [-0.2, 0) is 27.2 Å². The van der Waals surface area contributed by atoms with E-state index in [2.05, 4.69) is 15.9 Å². The first-order valence-electron chi connectivity index (χ1n) is 9.15. The van der Waals surface area contributed by atoms with E-state index in [9.17, 15) is 9.18 Å². The van der Waals surface area contributed by atoms with E-state index in [0.717, 1.165) is 11.1 Å². The number of halogens is 2. The topological polar surface area (TPSA) is 80.0 Å². The van der Waals surface area contributed by atoms with Crippen LogP contribution in [0.4, 0.5) is 9.18 Å². The standard InChI is InChI=1S/C21H23BrFNO5/c1-21(2,29-20(24)25)11-13-4-3-5-14(10-13)12-28-16-7-6-15(22)17(18(16)23)19-26-8-9-27-19/h3-7,10,19H,8-9,11-12H2,1-2H3,(H2,24,25). The number of benzene rings is 2. The van der Waals surface area contributed by atoms with E-state index in [1.165, 1.54) is 0 Å². The number of rotatable bonds is 7. The van der Waals surface area contributed by atoms with Gasteiger partial charge in [-0.05, 0) is 37.1 Å². The van der Waals surface area contributed by atoms with Crippen molar-refractivity contribution in [1.29, 1.82) is 0 Å². The summed E-state index contributed by atoms with van der Waals surface area (Å²) in [6.45, 7) is 4.59. The Morgan fingerprint density at radius 1 is 1.24 bits per heavy atom. The zero-order valence-electron chi connectivity index (χ0n) is 16.2. The molecule has 2 aromatic carbocycles. The largest absolute Gasteiger partial charge is 0.486 e. The van der Waals surface area contributed by atoms with Crippen LogP contribution in [0.25, 0.3) is 0 Å². The Balaban J connectivity index is 1.70. The van der Waals surface area contributed by atoms with Crippen LogP contribution >= 0.6 is 15.9 Å². The molecule has 0 radical (unpaired) electrons. The van der Waals surface area contributed by atoms with Crippen LogP contribution in [0.1, 0.15) is 36.8 Å². The predicted molar refractivity (Wildman–Crippen MR) is 108 cm³/mol. The summed E-state index contributed by atoms with van der Waals surface area (Å²) in [4.78, 5) is 11.0. The van der Waals surface area contributed by atoms with Crippen molar-refractivity contribution in [3.63, 3.8) is 0 Å². The first kappa shape index (κ1) is 21.5. The molecular formula is C21H23BrFNO5. The van der Waals surface area contributed by atoms with Gasteiger partial charge in [-0.1, -0.05) is 40.2 Å². The summed E-state index contributed by atoms with van der Waals surface area (Å²) in [5.74, 6) is -0.400. The predicted octanol–water partition coefficient (Wildman–Crippen LogP) is 4.63. The van der Waals surface area contributed by atoms with Crippen molar-refractivity contribution in [2.45, 2.75) is 38.8 Å². The summed E-state index contributed by atoms with van der Waals surface area (Å²) < 4.78 is 37.2. The van der Waals surface area contributed by atoms with Crippen LogP contribution in [0.3, 0.4) is 0 Å². The molecule has 1 fully saturated rings. The molecule has 29 heavy (non-hydrogen) atoms. The average Bonchev–Trinajstić information content (AvgIpc) is 3.14. The van der Waals surface area contributed by atoms with E-state index in [0.29, 0.717) is 29.7 Å². The molecule has 0 atom stereocenters. The van der Waals surface area contributed by atoms with Gasteiger partial charge in [0.05, 0.1) is 18.8 Å². The van der Waals surface area contributed by atoms with E-state index in [1.54, 1.807) is 26.0 Å². The summed E-state index contributed by atoms with van der Waals surface area (Å²) in [6, 6.07) is 10.9. The monoisotopic (exact) mass is 467 g/mol. The fourth-order valence-corrected chi connectivity index (χ4v) is 3.69. The maximum absolute atomic E-state index is 14.9. The number of nitrogens with two attached hydrogens (primary N) is 1. The van der Waals surface area contributed by atoms with Crippen molar-refractivity contribution < 1.29 is 28.1 Å². The molecule has 0 aromatic heterocycles. The molecule has 0 unspecified atom stereocenters. The minimum absolute atomic E-state index is 0.116. The van der Waals surface area contributed by atoms with Gasteiger partial charge in [0.2, 0.25) is 0 Å². The van der Waals surface area contributed by atoms with E-state index >= 15 is 0 Å². The van der Waals surface area contributed by atoms with Gasteiger partial charge in [0.25, 0.3) is 0 Å². The molecule has 1 amide bonds. The van der Waals surface area contributed by atoms with Crippen molar-refractivity contribution in [2.24, 2.45) is 5.73 Å². The van der Waals surface area contributed by atoms with Gasteiger partial charge in [0.15, 0.2) is 17.9 Å². The Morgan fingerprint density at radius 3 is 2.62 bits per heavy atom. The number of carbonyl (C=O) groups excluding carboxylic acids is 1. The second-order valence-electron chi connectivity index (χ2n) is 7.31. The Bertz CT molecular complexity index is 883. The van der Waals surface area contributed by atoms with Gasteiger partial charge in [-0.2, -0.15) is 0 Å². The minimum atomic E-state index is -0.814. The molecule has 2 N–H and O–H groups in total. The van der Waals surface area contributed by atoms with Crippen LogP contribution in [0.5, 0.6) is 5.75 Å². The first-order chi connectivity index (χ1) is 13.7. The number of hydrogen-bond acceptors (Lipinski definition) is 5. The molecule has 1 aliphatic rings. The molecule has 1 saturated heterocycles. The van der Waals surface area contributed by atoms with Crippen molar-refractivity contribution in [2.75, 3.05) is 13.2 Å². The summed E-state index contributed by atoms with van der Waals surface area (Å²) in [5, 5.41) is 0. The number of amides is 1. The molecule has 156 valence electrons. The van der Waals surface area contributed by atoms with E-state index in [1.807, 2.05) is 24.3 Å². The van der Waals surface area contributed by atoms with Gasteiger partial charge in [0.1, 0.15) is 12.2 Å². The van der Waals surface area contributed by atoms with Gasteiger partial charge in [-0.15, -0.1) is 0 Å². The molecule has 0 bridgehead atoms. The Kier molecular flexibility index (Phi) is 6.77. The smallest absolute Gasteiger partial charge is 0.405 e. The van der Waals surface area contributed by atoms with Crippen LogP contribution in [0.15, 0.2) is 40.9 Å². The number of carbonyl (C=O) groups is 1. The summed E-state index contributed by atoms with van der Waals surface area (Å²) in [5.41, 5.74) is 6.48. The maximum atomic E-state index is 14.9. The second kappa shape index (κ2) is 9.11. The molecule has 1 heterocycles. The van der Waals surface area contributed by atoms with Gasteiger partial charge < -0.3 is 24.7 Å². The van der Waals surface area contributed by atoms with Gasteiger partial charge in [-0.3, -0.25) is 0 Å². The quantitative estimate of drug-likeness (QED) is 0.641. The Morgan fingerprint density at radius 2 is 1.93 bits per heavy atom. The van der Waals surface area contributed by atoms with E-state index in [-0.39, 0.29) is 12.4 Å². The van der Waals surface area contributed by atoms with Crippen LogP contribution in [-0.4, -0.2) is 24.9 Å². The van der Waals surface area contributed by atoms with Gasteiger partial charge in [0, 0.05) is 10.9 Å². The minimum Gasteiger partial charge on any atom is -0.486 e.